The number of benzene rings is 1. The fraction of sp³-hybridized carbons (Fsp3) is 0.231. The molecule has 0 fully saturated rings. The summed E-state index contributed by atoms with van der Waals surface area (Å²) >= 11 is 3.47. The van der Waals surface area contributed by atoms with E-state index in [9.17, 15) is 0 Å². The molecule has 2 nitrogen and oxygen atoms in total. The van der Waals surface area contributed by atoms with E-state index >= 15 is 0 Å². The van der Waals surface area contributed by atoms with E-state index in [1.807, 2.05) is 0 Å². The molecule has 1 aromatic heterocycles. The smallest absolute Gasteiger partial charge is 0.0731 e. The number of nitrogens with zero attached hydrogens (tertiary/aromatic N) is 1. The summed E-state index contributed by atoms with van der Waals surface area (Å²) in [6, 6.07) is 13.2. The van der Waals surface area contributed by atoms with Crippen LogP contribution in [0.4, 0.5) is 0 Å². The van der Waals surface area contributed by atoms with Gasteiger partial charge in [-0.1, -0.05) is 28.1 Å². The Balaban J connectivity index is 2.00. The van der Waals surface area contributed by atoms with Crippen molar-refractivity contribution in [3.05, 3.63) is 58.3 Å². The summed E-state index contributed by atoms with van der Waals surface area (Å²) in [6.07, 6.45) is 2.15. The Morgan fingerprint density at radius 2 is 2.00 bits per heavy atom. The van der Waals surface area contributed by atoms with Crippen LogP contribution in [-0.4, -0.2) is 11.1 Å². The third-order valence-corrected chi connectivity index (χ3v) is 3.59. The first-order chi connectivity index (χ1) is 7.84. The molecule has 82 valence electrons. The van der Waals surface area contributed by atoms with Crippen LogP contribution in [0.25, 0.3) is 0 Å². The summed E-state index contributed by atoms with van der Waals surface area (Å²) in [5.41, 5.74) is 2.68. The van der Waals surface area contributed by atoms with E-state index in [1.165, 1.54) is 11.3 Å². The molecule has 1 unspecified atom stereocenters. The maximum absolute atomic E-state index is 3.56. The zero-order valence-corrected chi connectivity index (χ0v) is 10.4. The summed E-state index contributed by atoms with van der Waals surface area (Å²) in [5.74, 6) is 0. The number of aromatic nitrogens is 1. The molecule has 16 heavy (non-hydrogen) atoms. The van der Waals surface area contributed by atoms with Crippen molar-refractivity contribution in [3.8, 4) is 0 Å². The quantitative estimate of drug-likeness (QED) is 0.848. The molecular formula is C13H13BrN2. The molecule has 0 amide bonds. The van der Waals surface area contributed by atoms with Gasteiger partial charge in [0.25, 0.3) is 0 Å². The summed E-state index contributed by atoms with van der Waals surface area (Å²) in [5, 5.41) is 3.56. The van der Waals surface area contributed by atoms with Gasteiger partial charge >= 0.3 is 0 Å². The monoisotopic (exact) mass is 276 g/mol. The normalized spacial score (nSPS) is 19.4. The van der Waals surface area contributed by atoms with Gasteiger partial charge in [-0.05, 0) is 29.8 Å². The van der Waals surface area contributed by atoms with Crippen LogP contribution in [0.15, 0.2) is 47.1 Å². The van der Waals surface area contributed by atoms with Crippen molar-refractivity contribution in [3.63, 3.8) is 0 Å². The third kappa shape index (κ3) is 1.70. The second-order valence-electron chi connectivity index (χ2n) is 4.07. The van der Waals surface area contributed by atoms with Gasteiger partial charge in [0.2, 0.25) is 0 Å². The molecule has 0 aliphatic carbocycles. The Morgan fingerprint density at radius 3 is 2.81 bits per heavy atom. The first-order valence-corrected chi connectivity index (χ1v) is 6.28. The van der Waals surface area contributed by atoms with E-state index in [-0.39, 0.29) is 0 Å². The molecular weight excluding hydrogens is 264 g/mol. The van der Waals surface area contributed by atoms with Crippen LogP contribution in [0.3, 0.4) is 0 Å². The van der Waals surface area contributed by atoms with Gasteiger partial charge in [0, 0.05) is 29.5 Å². The number of fused-ring (bicyclic) bond motifs is 1. The molecule has 3 rings (SSSR count). The van der Waals surface area contributed by atoms with E-state index in [0.29, 0.717) is 6.04 Å². The molecule has 0 saturated carbocycles. The molecule has 1 aliphatic heterocycles. The Bertz CT molecular complexity index is 487. The highest BCUT2D eigenvalue weighted by Gasteiger charge is 2.20. The highest BCUT2D eigenvalue weighted by atomic mass is 79.9. The lowest BCUT2D eigenvalue weighted by molar-refractivity contribution is 0.467. The first kappa shape index (κ1) is 10.1. The van der Waals surface area contributed by atoms with Crippen LogP contribution in [-0.2, 0) is 6.54 Å². The van der Waals surface area contributed by atoms with Crippen molar-refractivity contribution >= 4 is 15.9 Å². The van der Waals surface area contributed by atoms with Crippen LogP contribution in [0, 0.1) is 0 Å². The van der Waals surface area contributed by atoms with Crippen molar-refractivity contribution in [2.24, 2.45) is 0 Å². The van der Waals surface area contributed by atoms with Crippen LogP contribution >= 0.6 is 15.9 Å². The van der Waals surface area contributed by atoms with Crippen molar-refractivity contribution in [1.82, 2.24) is 9.88 Å². The van der Waals surface area contributed by atoms with Gasteiger partial charge in [-0.25, -0.2) is 0 Å². The first-order valence-electron chi connectivity index (χ1n) is 5.48. The molecule has 0 bridgehead atoms. The minimum atomic E-state index is 0.330. The Labute approximate surface area is 103 Å². The van der Waals surface area contributed by atoms with Gasteiger partial charge in [0.1, 0.15) is 0 Å². The standard InChI is InChI=1S/C13H13BrN2/c14-11-5-3-10(4-6-11)13-12-2-1-8-16(12)9-7-15-13/h1-6,8,13,15H,7,9H2. The van der Waals surface area contributed by atoms with E-state index < -0.39 is 0 Å². The van der Waals surface area contributed by atoms with Gasteiger partial charge in [-0.3, -0.25) is 0 Å². The second-order valence-corrected chi connectivity index (χ2v) is 4.98. The van der Waals surface area contributed by atoms with Crippen molar-refractivity contribution < 1.29 is 0 Å². The number of halogens is 1. The maximum Gasteiger partial charge on any atom is 0.0731 e. The number of rotatable bonds is 1. The summed E-state index contributed by atoms with van der Waals surface area (Å²) in [6.45, 7) is 2.10. The highest BCUT2D eigenvalue weighted by molar-refractivity contribution is 9.10. The van der Waals surface area contributed by atoms with Gasteiger partial charge in [0.05, 0.1) is 6.04 Å². The largest absolute Gasteiger partial charge is 0.348 e. The molecule has 2 heterocycles. The average Bonchev–Trinajstić information content (AvgIpc) is 2.78. The summed E-state index contributed by atoms with van der Waals surface area (Å²) in [4.78, 5) is 0. The SMILES string of the molecule is Brc1ccc(C2NCCn3cccc32)cc1. The maximum atomic E-state index is 3.56. The van der Waals surface area contributed by atoms with E-state index in [1.54, 1.807) is 0 Å². The molecule has 0 radical (unpaired) electrons. The summed E-state index contributed by atoms with van der Waals surface area (Å²) in [7, 11) is 0. The molecule has 1 aromatic carbocycles. The molecule has 3 heteroatoms. The minimum Gasteiger partial charge on any atom is -0.348 e. The number of hydrogen-bond donors (Lipinski definition) is 1. The fourth-order valence-corrected chi connectivity index (χ4v) is 2.54. The van der Waals surface area contributed by atoms with Gasteiger partial charge < -0.3 is 9.88 Å². The molecule has 1 aliphatic rings. The van der Waals surface area contributed by atoms with Crippen molar-refractivity contribution in [2.45, 2.75) is 12.6 Å². The Kier molecular flexibility index (Phi) is 2.58. The average molecular weight is 277 g/mol. The van der Waals surface area contributed by atoms with Crippen LogP contribution < -0.4 is 5.32 Å². The van der Waals surface area contributed by atoms with Crippen molar-refractivity contribution in [1.29, 1.82) is 0 Å². The van der Waals surface area contributed by atoms with Crippen LogP contribution in [0.1, 0.15) is 17.3 Å². The lowest BCUT2D eigenvalue weighted by Gasteiger charge is -2.26. The molecule has 1 N–H and O–H groups in total. The zero-order chi connectivity index (χ0) is 11.0. The number of hydrogen-bond acceptors (Lipinski definition) is 1. The molecule has 2 aromatic rings. The topological polar surface area (TPSA) is 17.0 Å². The zero-order valence-electron chi connectivity index (χ0n) is 8.86. The van der Waals surface area contributed by atoms with E-state index in [0.717, 1.165) is 17.6 Å². The Hall–Kier alpha value is -1.06. The lowest BCUT2D eigenvalue weighted by atomic mass is 10.0. The van der Waals surface area contributed by atoms with Gasteiger partial charge in [-0.15, -0.1) is 0 Å². The van der Waals surface area contributed by atoms with Crippen molar-refractivity contribution in [2.75, 3.05) is 6.54 Å². The summed E-state index contributed by atoms with van der Waals surface area (Å²) < 4.78 is 3.45. The lowest BCUT2D eigenvalue weighted by Crippen LogP contribution is -2.33. The van der Waals surface area contributed by atoms with Gasteiger partial charge in [-0.2, -0.15) is 0 Å². The fourth-order valence-electron chi connectivity index (χ4n) is 2.27. The predicted molar refractivity (Wildman–Crippen MR) is 68.4 cm³/mol. The number of nitrogens with one attached hydrogen (secondary N) is 1. The molecule has 0 spiro atoms. The van der Waals surface area contributed by atoms with Crippen LogP contribution in [0.2, 0.25) is 0 Å². The second kappa shape index (κ2) is 4.07. The van der Waals surface area contributed by atoms with Gasteiger partial charge in [0.15, 0.2) is 0 Å². The third-order valence-electron chi connectivity index (χ3n) is 3.06. The van der Waals surface area contributed by atoms with Crippen LogP contribution in [0.5, 0.6) is 0 Å². The van der Waals surface area contributed by atoms with E-state index in [2.05, 4.69) is 68.4 Å². The Morgan fingerprint density at radius 1 is 1.19 bits per heavy atom. The molecule has 1 atom stereocenters. The highest BCUT2D eigenvalue weighted by Crippen LogP contribution is 2.26. The van der Waals surface area contributed by atoms with E-state index in [4.69, 9.17) is 0 Å². The molecule has 0 saturated heterocycles. The minimum absolute atomic E-state index is 0.330. The predicted octanol–water partition coefficient (Wildman–Crippen LogP) is 2.94.